The van der Waals surface area contributed by atoms with Crippen molar-refractivity contribution in [2.45, 2.75) is 13.0 Å². The first-order valence-electron chi connectivity index (χ1n) is 5.72. The molecule has 4 heteroatoms. The molecule has 1 aromatic rings. The molecule has 1 fully saturated rings. The fourth-order valence-electron chi connectivity index (χ4n) is 2.28. The molecule has 1 heterocycles. The fraction of sp³-hybridized carbons (Fsp3) is 0.462. The van der Waals surface area contributed by atoms with E-state index in [0.29, 0.717) is 26.1 Å². The smallest absolute Gasteiger partial charge is 0.313 e. The Hall–Kier alpha value is -1.42. The minimum atomic E-state index is -1.19. The molecule has 0 bridgehead atoms. The molecule has 1 N–H and O–H groups in total. The zero-order chi connectivity index (χ0) is 12.3. The van der Waals surface area contributed by atoms with E-state index in [-0.39, 0.29) is 0 Å². The van der Waals surface area contributed by atoms with Crippen LogP contribution in [-0.2, 0) is 11.3 Å². The van der Waals surface area contributed by atoms with Crippen LogP contribution in [0.1, 0.15) is 12.0 Å². The van der Waals surface area contributed by atoms with E-state index in [1.54, 1.807) is 0 Å². The molecule has 0 amide bonds. The lowest BCUT2D eigenvalue weighted by Gasteiger charge is -2.21. The number of benzene rings is 1. The molecule has 1 unspecified atom stereocenters. The van der Waals surface area contributed by atoms with E-state index in [0.717, 1.165) is 5.56 Å². The Balaban J connectivity index is 2.01. The Morgan fingerprint density at radius 3 is 2.65 bits per heavy atom. The molecule has 0 saturated carbocycles. The summed E-state index contributed by atoms with van der Waals surface area (Å²) in [5.41, 5.74) is -0.0537. The van der Waals surface area contributed by atoms with Crippen molar-refractivity contribution < 1.29 is 14.3 Å². The van der Waals surface area contributed by atoms with Crippen LogP contribution in [0, 0.1) is 5.41 Å². The average molecular weight is 237 g/mol. The van der Waals surface area contributed by atoms with Gasteiger partial charge in [0, 0.05) is 13.1 Å². The van der Waals surface area contributed by atoms with Gasteiger partial charge in [0.1, 0.15) is 12.1 Å². The highest BCUT2D eigenvalue weighted by atomic mass is 19.1. The molecule has 2 rings (SSSR count). The standard InChI is InChI=1S/C13H16FNO2/c14-9-13(12(16)17)6-7-15(10-13)8-11-4-2-1-3-5-11/h1-5H,6-10H2,(H,16,17). The highest BCUT2D eigenvalue weighted by Crippen LogP contribution is 2.32. The van der Waals surface area contributed by atoms with Crippen molar-refractivity contribution in [2.24, 2.45) is 5.41 Å². The van der Waals surface area contributed by atoms with Gasteiger partial charge < -0.3 is 5.11 Å². The number of rotatable bonds is 4. The number of likely N-dealkylation sites (tertiary alicyclic amines) is 1. The van der Waals surface area contributed by atoms with Crippen LogP contribution < -0.4 is 0 Å². The number of alkyl halides is 1. The Bertz CT molecular complexity index is 396. The summed E-state index contributed by atoms with van der Waals surface area (Å²) in [4.78, 5) is 13.1. The molecular formula is C13H16FNO2. The highest BCUT2D eigenvalue weighted by Gasteiger charge is 2.44. The molecule has 3 nitrogen and oxygen atoms in total. The SMILES string of the molecule is O=C(O)C1(CF)CCN(Cc2ccccc2)C1. The van der Waals surface area contributed by atoms with Crippen molar-refractivity contribution in [1.82, 2.24) is 4.90 Å². The summed E-state index contributed by atoms with van der Waals surface area (Å²) in [5.74, 6) is -1.02. The van der Waals surface area contributed by atoms with Crippen molar-refractivity contribution in [1.29, 1.82) is 0 Å². The van der Waals surface area contributed by atoms with Gasteiger partial charge in [0.25, 0.3) is 0 Å². The monoisotopic (exact) mass is 237 g/mol. The quantitative estimate of drug-likeness (QED) is 0.870. The van der Waals surface area contributed by atoms with E-state index in [4.69, 9.17) is 5.11 Å². The molecule has 1 aliphatic heterocycles. The predicted octanol–water partition coefficient (Wildman–Crippen LogP) is 1.93. The highest BCUT2D eigenvalue weighted by molar-refractivity contribution is 5.75. The number of hydrogen-bond donors (Lipinski definition) is 1. The maximum absolute atomic E-state index is 12.9. The lowest BCUT2D eigenvalue weighted by Crippen LogP contribution is -2.36. The van der Waals surface area contributed by atoms with Gasteiger partial charge in [-0.2, -0.15) is 0 Å². The van der Waals surface area contributed by atoms with Crippen molar-refractivity contribution in [2.75, 3.05) is 19.8 Å². The summed E-state index contributed by atoms with van der Waals surface area (Å²) in [5, 5.41) is 9.08. The molecule has 17 heavy (non-hydrogen) atoms. The predicted molar refractivity (Wildman–Crippen MR) is 62.4 cm³/mol. The average Bonchev–Trinajstić information content (AvgIpc) is 2.75. The van der Waals surface area contributed by atoms with Gasteiger partial charge >= 0.3 is 5.97 Å². The van der Waals surface area contributed by atoms with Gasteiger partial charge in [-0.1, -0.05) is 30.3 Å². The number of carbonyl (C=O) groups is 1. The normalized spacial score (nSPS) is 25.0. The topological polar surface area (TPSA) is 40.5 Å². The van der Waals surface area contributed by atoms with Crippen LogP contribution in [0.25, 0.3) is 0 Å². The molecule has 0 aromatic heterocycles. The number of carboxylic acid groups (broad SMARTS) is 1. The molecule has 0 radical (unpaired) electrons. The zero-order valence-corrected chi connectivity index (χ0v) is 9.60. The molecule has 1 atom stereocenters. The number of carboxylic acids is 1. The van der Waals surface area contributed by atoms with E-state index in [2.05, 4.69) is 0 Å². The van der Waals surface area contributed by atoms with Crippen molar-refractivity contribution in [3.63, 3.8) is 0 Å². The number of aliphatic carboxylic acids is 1. The van der Waals surface area contributed by atoms with Crippen LogP contribution in [0.3, 0.4) is 0 Å². The first-order chi connectivity index (χ1) is 8.16. The first-order valence-corrected chi connectivity index (χ1v) is 5.72. The molecule has 1 saturated heterocycles. The van der Waals surface area contributed by atoms with Gasteiger partial charge in [-0.15, -0.1) is 0 Å². The van der Waals surface area contributed by atoms with Gasteiger partial charge in [0.05, 0.1) is 0 Å². The second-order valence-corrected chi connectivity index (χ2v) is 4.67. The lowest BCUT2D eigenvalue weighted by molar-refractivity contribution is -0.149. The van der Waals surface area contributed by atoms with E-state index in [1.165, 1.54) is 0 Å². The van der Waals surface area contributed by atoms with Gasteiger partial charge in [0.15, 0.2) is 0 Å². The molecule has 1 aliphatic rings. The van der Waals surface area contributed by atoms with Crippen LogP contribution in [-0.4, -0.2) is 35.7 Å². The van der Waals surface area contributed by atoms with Gasteiger partial charge in [-0.3, -0.25) is 9.69 Å². The zero-order valence-electron chi connectivity index (χ0n) is 9.60. The summed E-state index contributed by atoms with van der Waals surface area (Å²) in [6.45, 7) is 0.850. The molecular weight excluding hydrogens is 221 g/mol. The van der Waals surface area contributed by atoms with Crippen LogP contribution in [0.4, 0.5) is 4.39 Å². The Morgan fingerprint density at radius 1 is 1.41 bits per heavy atom. The minimum absolute atomic E-state index is 0.299. The minimum Gasteiger partial charge on any atom is -0.481 e. The van der Waals surface area contributed by atoms with Crippen molar-refractivity contribution >= 4 is 5.97 Å². The van der Waals surface area contributed by atoms with E-state index in [9.17, 15) is 9.18 Å². The number of nitrogens with zero attached hydrogens (tertiary/aromatic N) is 1. The second kappa shape index (κ2) is 4.84. The van der Waals surface area contributed by atoms with Crippen LogP contribution in [0.5, 0.6) is 0 Å². The molecule has 92 valence electrons. The third-order valence-electron chi connectivity index (χ3n) is 3.39. The van der Waals surface area contributed by atoms with Crippen molar-refractivity contribution in [3.05, 3.63) is 35.9 Å². The molecule has 0 aliphatic carbocycles. The van der Waals surface area contributed by atoms with Crippen LogP contribution >= 0.6 is 0 Å². The van der Waals surface area contributed by atoms with E-state index in [1.807, 2.05) is 35.2 Å². The maximum Gasteiger partial charge on any atom is 0.313 e. The van der Waals surface area contributed by atoms with E-state index < -0.39 is 18.1 Å². The Labute approximate surface area is 99.9 Å². The third kappa shape index (κ3) is 2.47. The van der Waals surface area contributed by atoms with E-state index >= 15 is 0 Å². The van der Waals surface area contributed by atoms with Crippen molar-refractivity contribution in [3.8, 4) is 0 Å². The van der Waals surface area contributed by atoms with Crippen LogP contribution in [0.15, 0.2) is 30.3 Å². The number of hydrogen-bond acceptors (Lipinski definition) is 2. The summed E-state index contributed by atoms with van der Waals surface area (Å²) in [7, 11) is 0. The Morgan fingerprint density at radius 2 is 2.12 bits per heavy atom. The first kappa shape index (κ1) is 12.0. The Kier molecular flexibility index (Phi) is 3.43. The fourth-order valence-corrected chi connectivity index (χ4v) is 2.28. The summed E-state index contributed by atoms with van der Waals surface area (Å²) >= 11 is 0. The van der Waals surface area contributed by atoms with Gasteiger partial charge in [-0.25, -0.2) is 4.39 Å². The van der Waals surface area contributed by atoms with Crippen LogP contribution in [0.2, 0.25) is 0 Å². The lowest BCUT2D eigenvalue weighted by atomic mass is 9.89. The molecule has 1 aromatic carbocycles. The van der Waals surface area contributed by atoms with Gasteiger partial charge in [-0.05, 0) is 18.5 Å². The largest absolute Gasteiger partial charge is 0.481 e. The third-order valence-corrected chi connectivity index (χ3v) is 3.39. The maximum atomic E-state index is 12.9. The summed E-state index contributed by atoms with van der Waals surface area (Å²) in [6, 6.07) is 9.83. The number of halogens is 1. The second-order valence-electron chi connectivity index (χ2n) is 4.67. The summed E-state index contributed by atoms with van der Waals surface area (Å²) in [6.07, 6.45) is 0.395. The summed E-state index contributed by atoms with van der Waals surface area (Å²) < 4.78 is 12.9. The molecule has 0 spiro atoms. The van der Waals surface area contributed by atoms with Gasteiger partial charge in [0.2, 0.25) is 0 Å².